The number of hydrogen-bond acceptors (Lipinski definition) is 6. The Labute approximate surface area is 170 Å². The first-order valence-electron chi connectivity index (χ1n) is 8.63. The molecule has 0 atom stereocenters. The van der Waals surface area contributed by atoms with E-state index in [9.17, 15) is 26.7 Å². The number of benzene rings is 2. The molecule has 0 fully saturated rings. The van der Waals surface area contributed by atoms with Gasteiger partial charge in [0.25, 0.3) is 0 Å². The number of nitrogens with zero attached hydrogens (tertiary/aromatic N) is 1. The number of aryl methyl sites for hydroxylation is 1. The Hall–Kier alpha value is -3.21. The Bertz CT molecular complexity index is 1130. The van der Waals surface area contributed by atoms with E-state index in [0.29, 0.717) is 23.8 Å². The molecule has 7 nitrogen and oxygen atoms in total. The normalized spacial score (nSPS) is 12.0. The Kier molecular flexibility index (Phi) is 5.92. The predicted octanol–water partition coefficient (Wildman–Crippen LogP) is 4.24. The maximum absolute atomic E-state index is 12.4. The number of phenols is 1. The average Bonchev–Trinajstić information content (AvgIpc) is 3.04. The first kappa shape index (κ1) is 21.5. The van der Waals surface area contributed by atoms with Gasteiger partial charge in [0.2, 0.25) is 5.89 Å². The van der Waals surface area contributed by atoms with Crippen LogP contribution in [0.1, 0.15) is 11.5 Å². The molecule has 11 heteroatoms. The minimum atomic E-state index is -5.63. The van der Waals surface area contributed by atoms with E-state index in [1.54, 1.807) is 6.92 Å². The number of ether oxygens (including phenoxy) is 1. The molecule has 1 heterocycles. The topological polar surface area (TPSA) is 102 Å². The smallest absolute Gasteiger partial charge is 0.506 e. The van der Waals surface area contributed by atoms with Crippen molar-refractivity contribution in [3.63, 3.8) is 0 Å². The lowest BCUT2D eigenvalue weighted by Gasteiger charge is -2.13. The third-order valence-corrected chi connectivity index (χ3v) is 5.14. The van der Waals surface area contributed by atoms with E-state index in [1.165, 1.54) is 10.8 Å². The predicted molar refractivity (Wildman–Crippen MR) is 103 cm³/mol. The number of rotatable bonds is 7. The monoisotopic (exact) mass is 442 g/mol. The lowest BCUT2D eigenvalue weighted by Crippen LogP contribution is -2.29. The third-order valence-electron chi connectivity index (χ3n) is 4.04. The van der Waals surface area contributed by atoms with E-state index < -0.39 is 27.0 Å². The van der Waals surface area contributed by atoms with Crippen molar-refractivity contribution in [2.75, 3.05) is 11.3 Å². The fourth-order valence-corrected chi connectivity index (χ4v) is 3.10. The minimum Gasteiger partial charge on any atom is -0.506 e. The molecule has 3 aromatic rings. The van der Waals surface area contributed by atoms with E-state index in [1.807, 2.05) is 30.3 Å². The van der Waals surface area contributed by atoms with Crippen LogP contribution in [0.5, 0.6) is 11.5 Å². The van der Waals surface area contributed by atoms with E-state index >= 15 is 0 Å². The summed E-state index contributed by atoms with van der Waals surface area (Å²) >= 11 is 0. The first-order chi connectivity index (χ1) is 14.1. The van der Waals surface area contributed by atoms with Gasteiger partial charge in [-0.2, -0.15) is 21.6 Å². The number of nitrogens with one attached hydrogen (secondary N) is 1. The van der Waals surface area contributed by atoms with Gasteiger partial charge >= 0.3 is 15.5 Å². The van der Waals surface area contributed by atoms with Crippen molar-refractivity contribution >= 4 is 15.7 Å². The minimum absolute atomic E-state index is 0.145. The molecule has 0 saturated heterocycles. The Morgan fingerprint density at radius 1 is 1.17 bits per heavy atom. The molecule has 0 aliphatic carbocycles. The number of aromatic nitrogens is 1. The Morgan fingerprint density at radius 3 is 2.50 bits per heavy atom. The van der Waals surface area contributed by atoms with Crippen LogP contribution in [0.2, 0.25) is 0 Å². The number of anilines is 1. The van der Waals surface area contributed by atoms with Gasteiger partial charge < -0.3 is 14.3 Å². The number of aromatic hydroxyl groups is 1. The van der Waals surface area contributed by atoms with Gasteiger partial charge in [-0.05, 0) is 31.2 Å². The van der Waals surface area contributed by atoms with Crippen molar-refractivity contribution in [1.82, 2.24) is 4.98 Å². The highest BCUT2D eigenvalue weighted by Gasteiger charge is 2.46. The van der Waals surface area contributed by atoms with Gasteiger partial charge in [-0.15, -0.1) is 0 Å². The van der Waals surface area contributed by atoms with Gasteiger partial charge in [0, 0.05) is 18.1 Å². The van der Waals surface area contributed by atoms with Gasteiger partial charge in [0.05, 0.1) is 18.0 Å². The van der Waals surface area contributed by atoms with E-state index in [0.717, 1.165) is 17.7 Å². The first-order valence-corrected chi connectivity index (χ1v) is 10.1. The van der Waals surface area contributed by atoms with Crippen LogP contribution in [0.25, 0.3) is 11.5 Å². The molecule has 3 rings (SSSR count). The highest BCUT2D eigenvalue weighted by atomic mass is 32.2. The number of hydrogen-bond donors (Lipinski definition) is 2. The fourth-order valence-electron chi connectivity index (χ4n) is 2.52. The van der Waals surface area contributed by atoms with Gasteiger partial charge in [0.15, 0.2) is 0 Å². The van der Waals surface area contributed by atoms with Gasteiger partial charge in [-0.3, -0.25) is 4.72 Å². The van der Waals surface area contributed by atoms with E-state index in [4.69, 9.17) is 9.15 Å². The van der Waals surface area contributed by atoms with E-state index in [2.05, 4.69) is 4.98 Å². The highest BCUT2D eigenvalue weighted by molar-refractivity contribution is 7.93. The van der Waals surface area contributed by atoms with Crippen LogP contribution in [-0.2, 0) is 16.4 Å². The number of alkyl halides is 3. The second-order valence-corrected chi connectivity index (χ2v) is 7.89. The molecule has 0 unspecified atom stereocenters. The highest BCUT2D eigenvalue weighted by Crippen LogP contribution is 2.32. The molecule has 2 aromatic carbocycles. The maximum Gasteiger partial charge on any atom is 0.516 e. The molecule has 0 spiro atoms. The molecule has 2 N–H and O–H groups in total. The number of oxazole rings is 1. The second kappa shape index (κ2) is 8.27. The Morgan fingerprint density at radius 2 is 1.87 bits per heavy atom. The largest absolute Gasteiger partial charge is 0.516 e. The van der Waals surface area contributed by atoms with E-state index in [-0.39, 0.29) is 12.4 Å². The summed E-state index contributed by atoms with van der Waals surface area (Å²) in [4.78, 5) is 4.43. The number of sulfonamides is 1. The van der Waals surface area contributed by atoms with Gasteiger partial charge in [0.1, 0.15) is 17.3 Å². The van der Waals surface area contributed by atoms with Crippen LogP contribution in [0.3, 0.4) is 0 Å². The zero-order valence-corrected chi connectivity index (χ0v) is 16.4. The van der Waals surface area contributed by atoms with Crippen LogP contribution < -0.4 is 9.46 Å². The SMILES string of the molecule is Cc1oc(-c2ccccc2)nc1CCOc1ccc(NS(=O)(=O)C(F)(F)F)c(O)c1. The zero-order valence-electron chi connectivity index (χ0n) is 15.6. The molecule has 1 aromatic heterocycles. The van der Waals surface area contributed by atoms with Crippen molar-refractivity contribution in [1.29, 1.82) is 0 Å². The molecular weight excluding hydrogens is 425 g/mol. The van der Waals surface area contributed by atoms with Crippen molar-refractivity contribution in [2.24, 2.45) is 0 Å². The summed E-state index contributed by atoms with van der Waals surface area (Å²) in [5.41, 5.74) is -4.61. The van der Waals surface area contributed by atoms with Crippen molar-refractivity contribution in [2.45, 2.75) is 18.9 Å². The van der Waals surface area contributed by atoms with Crippen LogP contribution >= 0.6 is 0 Å². The summed E-state index contributed by atoms with van der Waals surface area (Å²) in [5, 5.41) is 9.81. The summed E-state index contributed by atoms with van der Waals surface area (Å²) in [6.07, 6.45) is 0.380. The summed E-state index contributed by atoms with van der Waals surface area (Å²) in [7, 11) is -5.63. The number of halogens is 3. The van der Waals surface area contributed by atoms with Crippen LogP contribution in [0, 0.1) is 6.92 Å². The molecule has 160 valence electrons. The molecular formula is C19H17F3N2O5S. The summed E-state index contributed by atoms with van der Waals surface area (Å²) < 4.78 is 72.0. The molecule has 0 bridgehead atoms. The summed E-state index contributed by atoms with van der Waals surface area (Å²) in [6, 6.07) is 12.6. The van der Waals surface area contributed by atoms with Crippen molar-refractivity contribution in [3.8, 4) is 23.0 Å². The Balaban J connectivity index is 1.62. The quantitative estimate of drug-likeness (QED) is 0.531. The lowest BCUT2D eigenvalue weighted by atomic mass is 10.2. The lowest BCUT2D eigenvalue weighted by molar-refractivity contribution is -0.0429. The molecule has 0 amide bonds. The van der Waals surface area contributed by atoms with Crippen LogP contribution in [0.15, 0.2) is 52.9 Å². The zero-order chi connectivity index (χ0) is 21.9. The molecule has 0 saturated carbocycles. The summed E-state index contributed by atoms with van der Waals surface area (Å²) in [5.74, 6) is 0.537. The van der Waals surface area contributed by atoms with Crippen molar-refractivity contribution in [3.05, 3.63) is 60.0 Å². The molecule has 0 radical (unpaired) electrons. The summed E-state index contributed by atoms with van der Waals surface area (Å²) in [6.45, 7) is 1.91. The maximum atomic E-state index is 12.4. The third kappa shape index (κ3) is 4.85. The average molecular weight is 442 g/mol. The molecule has 0 aliphatic rings. The molecule has 30 heavy (non-hydrogen) atoms. The van der Waals surface area contributed by atoms with Crippen LogP contribution in [0.4, 0.5) is 18.9 Å². The van der Waals surface area contributed by atoms with Gasteiger partial charge in [-0.25, -0.2) is 4.98 Å². The fraction of sp³-hybridized carbons (Fsp3) is 0.211. The van der Waals surface area contributed by atoms with Gasteiger partial charge in [-0.1, -0.05) is 18.2 Å². The molecule has 0 aliphatic heterocycles. The number of phenolic OH excluding ortho intramolecular Hbond substituents is 1. The second-order valence-electron chi connectivity index (χ2n) is 6.22. The van der Waals surface area contributed by atoms with Crippen molar-refractivity contribution < 1.29 is 35.8 Å². The van der Waals surface area contributed by atoms with Crippen LogP contribution in [-0.4, -0.2) is 30.6 Å². The standard InChI is InChI=1S/C19H17F3N2O5S/c1-12-15(23-18(29-12)13-5-3-2-4-6-13)9-10-28-14-7-8-16(17(25)11-14)24-30(26,27)19(20,21)22/h2-8,11,24-25H,9-10H2,1H3.